The second kappa shape index (κ2) is 22.6. The molecule has 0 heterocycles. The van der Waals surface area contributed by atoms with Crippen LogP contribution in [0.15, 0.2) is 24.3 Å². The Bertz CT molecular complexity index is 435. The molecular weight excluding hydrogens is 372 g/mol. The lowest BCUT2D eigenvalue weighted by Gasteiger charge is -2.20. The predicted octanol–water partition coefficient (Wildman–Crippen LogP) is 6.58. The average Bonchev–Trinajstić information content (AvgIpc) is 2.74. The van der Waals surface area contributed by atoms with Gasteiger partial charge < -0.3 is 16.2 Å². The van der Waals surface area contributed by atoms with E-state index in [9.17, 15) is 4.79 Å². The van der Waals surface area contributed by atoms with Crippen molar-refractivity contribution >= 4 is 5.97 Å². The molecule has 2 atom stereocenters. The van der Waals surface area contributed by atoms with Gasteiger partial charge in [-0.2, -0.15) is 0 Å². The zero-order valence-electron chi connectivity index (χ0n) is 20.0. The Hall–Kier alpha value is -1.13. The number of hydrogen-bond donors (Lipinski definition) is 2. The number of allylic oxidation sites excluding steroid dienone is 4. The second-order valence-electron chi connectivity index (χ2n) is 8.39. The summed E-state index contributed by atoms with van der Waals surface area (Å²) < 4.78 is 5.79. The van der Waals surface area contributed by atoms with Crippen LogP contribution in [-0.4, -0.2) is 24.7 Å². The SMILES string of the molecule is CCCCC/C=C\CCCC(CC/C=C\CCCCC)OC(=O)C(N)CCCCN. The summed E-state index contributed by atoms with van der Waals surface area (Å²) in [7, 11) is 0. The number of carbonyl (C=O) groups excluding carboxylic acids is 1. The van der Waals surface area contributed by atoms with Gasteiger partial charge in [0.05, 0.1) is 0 Å². The Balaban J connectivity index is 4.34. The lowest BCUT2D eigenvalue weighted by Crippen LogP contribution is -2.35. The molecule has 0 aliphatic carbocycles. The van der Waals surface area contributed by atoms with Crippen molar-refractivity contribution in [3.63, 3.8) is 0 Å². The number of rotatable bonds is 21. The third kappa shape index (κ3) is 18.9. The molecule has 2 unspecified atom stereocenters. The maximum atomic E-state index is 12.4. The van der Waals surface area contributed by atoms with Gasteiger partial charge in [-0.05, 0) is 77.2 Å². The smallest absolute Gasteiger partial charge is 0.323 e. The van der Waals surface area contributed by atoms with E-state index in [1.165, 1.54) is 44.9 Å². The molecule has 4 nitrogen and oxygen atoms in total. The normalized spacial score (nSPS) is 13.9. The van der Waals surface area contributed by atoms with Crippen molar-refractivity contribution in [3.8, 4) is 0 Å². The second-order valence-corrected chi connectivity index (χ2v) is 8.39. The van der Waals surface area contributed by atoms with E-state index >= 15 is 0 Å². The minimum absolute atomic E-state index is 0.0353. The molecule has 4 N–H and O–H groups in total. The van der Waals surface area contributed by atoms with Crippen molar-refractivity contribution < 1.29 is 9.53 Å². The van der Waals surface area contributed by atoms with Crippen LogP contribution in [0.4, 0.5) is 0 Å². The minimum Gasteiger partial charge on any atom is -0.461 e. The molecule has 0 aliphatic heterocycles. The van der Waals surface area contributed by atoms with Gasteiger partial charge in [0.25, 0.3) is 0 Å². The number of ether oxygens (including phenoxy) is 1. The van der Waals surface area contributed by atoms with Gasteiger partial charge in [0.2, 0.25) is 0 Å². The Labute approximate surface area is 186 Å². The lowest BCUT2D eigenvalue weighted by atomic mass is 10.1. The molecule has 30 heavy (non-hydrogen) atoms. The first-order valence-corrected chi connectivity index (χ1v) is 12.6. The van der Waals surface area contributed by atoms with Crippen LogP contribution in [0.25, 0.3) is 0 Å². The third-order valence-electron chi connectivity index (χ3n) is 5.39. The summed E-state index contributed by atoms with van der Waals surface area (Å²) in [5, 5.41) is 0. The fourth-order valence-corrected chi connectivity index (χ4v) is 3.38. The summed E-state index contributed by atoms with van der Waals surface area (Å²) >= 11 is 0. The highest BCUT2D eigenvalue weighted by atomic mass is 16.5. The van der Waals surface area contributed by atoms with Crippen LogP contribution in [0.1, 0.15) is 117 Å². The molecule has 0 saturated heterocycles. The average molecular weight is 423 g/mol. The molecule has 0 radical (unpaired) electrons. The largest absolute Gasteiger partial charge is 0.461 e. The van der Waals surface area contributed by atoms with Crippen molar-refractivity contribution in [2.75, 3.05) is 6.54 Å². The first-order valence-electron chi connectivity index (χ1n) is 12.6. The minimum atomic E-state index is -0.526. The van der Waals surface area contributed by atoms with Crippen molar-refractivity contribution in [1.29, 1.82) is 0 Å². The Morgan fingerprint density at radius 3 is 1.87 bits per heavy atom. The molecule has 0 saturated carbocycles. The van der Waals surface area contributed by atoms with Crippen LogP contribution in [0.3, 0.4) is 0 Å². The topological polar surface area (TPSA) is 78.3 Å². The first-order chi connectivity index (χ1) is 14.7. The third-order valence-corrected chi connectivity index (χ3v) is 5.39. The Morgan fingerprint density at radius 1 is 0.733 bits per heavy atom. The molecule has 0 aromatic heterocycles. The predicted molar refractivity (Wildman–Crippen MR) is 130 cm³/mol. The molecule has 0 aliphatic rings. The molecular formula is C26H50N2O2. The van der Waals surface area contributed by atoms with Crippen LogP contribution in [0, 0.1) is 0 Å². The maximum absolute atomic E-state index is 12.4. The summed E-state index contributed by atoms with van der Waals surface area (Å²) in [5.74, 6) is -0.251. The quantitative estimate of drug-likeness (QED) is 0.124. The number of nitrogens with two attached hydrogens (primary N) is 2. The van der Waals surface area contributed by atoms with E-state index in [4.69, 9.17) is 16.2 Å². The van der Waals surface area contributed by atoms with Gasteiger partial charge >= 0.3 is 5.97 Å². The Morgan fingerprint density at radius 2 is 1.30 bits per heavy atom. The van der Waals surface area contributed by atoms with E-state index in [-0.39, 0.29) is 12.1 Å². The summed E-state index contributed by atoms with van der Waals surface area (Å²) in [5.41, 5.74) is 11.5. The number of esters is 1. The molecule has 0 bridgehead atoms. The van der Waals surface area contributed by atoms with Crippen molar-refractivity contribution in [1.82, 2.24) is 0 Å². The number of carbonyl (C=O) groups is 1. The van der Waals surface area contributed by atoms with Crippen LogP contribution in [0.5, 0.6) is 0 Å². The number of unbranched alkanes of at least 4 members (excludes halogenated alkanes) is 8. The van der Waals surface area contributed by atoms with E-state index < -0.39 is 6.04 Å². The summed E-state index contributed by atoms with van der Waals surface area (Å²) in [6.45, 7) is 5.10. The fraction of sp³-hybridized carbons (Fsp3) is 0.808. The monoisotopic (exact) mass is 422 g/mol. The molecule has 176 valence electrons. The van der Waals surface area contributed by atoms with E-state index in [0.717, 1.165) is 51.4 Å². The van der Waals surface area contributed by atoms with Gasteiger partial charge in [0.15, 0.2) is 0 Å². The maximum Gasteiger partial charge on any atom is 0.323 e. The van der Waals surface area contributed by atoms with E-state index in [1.807, 2.05) is 0 Å². The van der Waals surface area contributed by atoms with Crippen molar-refractivity contribution in [2.45, 2.75) is 129 Å². The van der Waals surface area contributed by atoms with Crippen LogP contribution in [0.2, 0.25) is 0 Å². The van der Waals surface area contributed by atoms with E-state index in [2.05, 4.69) is 38.2 Å². The van der Waals surface area contributed by atoms with Crippen LogP contribution >= 0.6 is 0 Å². The van der Waals surface area contributed by atoms with Gasteiger partial charge in [-0.15, -0.1) is 0 Å². The molecule has 4 heteroatoms. The highest BCUT2D eigenvalue weighted by molar-refractivity contribution is 5.75. The van der Waals surface area contributed by atoms with Crippen molar-refractivity contribution in [2.24, 2.45) is 11.5 Å². The zero-order chi connectivity index (χ0) is 22.3. The molecule has 0 spiro atoms. The van der Waals surface area contributed by atoms with Gasteiger partial charge in [0, 0.05) is 0 Å². The number of hydrogen-bond acceptors (Lipinski definition) is 4. The standard InChI is InChI=1S/C26H50N2O2/c1-3-5-7-9-11-13-15-17-21-24(20-16-14-12-10-8-6-4-2)30-26(29)25(28)22-18-19-23-27/h11-14,24-25H,3-10,15-23,27-28H2,1-2H3/b13-11-,14-12-. The van der Waals surface area contributed by atoms with Crippen LogP contribution in [-0.2, 0) is 9.53 Å². The van der Waals surface area contributed by atoms with Gasteiger partial charge in [-0.3, -0.25) is 4.79 Å². The molecule has 0 aromatic rings. The molecule has 0 rings (SSSR count). The molecule has 0 aromatic carbocycles. The van der Waals surface area contributed by atoms with E-state index in [0.29, 0.717) is 13.0 Å². The van der Waals surface area contributed by atoms with Gasteiger partial charge in [0.1, 0.15) is 12.1 Å². The van der Waals surface area contributed by atoms with Gasteiger partial charge in [-0.25, -0.2) is 0 Å². The molecule has 0 amide bonds. The molecule has 0 fully saturated rings. The van der Waals surface area contributed by atoms with Crippen molar-refractivity contribution in [3.05, 3.63) is 24.3 Å². The van der Waals surface area contributed by atoms with Gasteiger partial charge in [-0.1, -0.05) is 70.3 Å². The van der Waals surface area contributed by atoms with Crippen LogP contribution < -0.4 is 11.5 Å². The lowest BCUT2D eigenvalue weighted by molar-refractivity contribution is -0.151. The summed E-state index contributed by atoms with van der Waals surface area (Å²) in [6.07, 6.45) is 26.3. The summed E-state index contributed by atoms with van der Waals surface area (Å²) in [4.78, 5) is 12.4. The fourth-order valence-electron chi connectivity index (χ4n) is 3.38. The Kier molecular flexibility index (Phi) is 21.7. The first kappa shape index (κ1) is 28.9. The summed E-state index contributed by atoms with van der Waals surface area (Å²) in [6, 6.07) is -0.526. The highest BCUT2D eigenvalue weighted by Gasteiger charge is 2.19. The highest BCUT2D eigenvalue weighted by Crippen LogP contribution is 2.15. The van der Waals surface area contributed by atoms with E-state index in [1.54, 1.807) is 0 Å². The zero-order valence-corrected chi connectivity index (χ0v) is 20.0.